The molecule has 1 aromatic carbocycles. The predicted octanol–water partition coefficient (Wildman–Crippen LogP) is 1.47. The molecule has 4 rings (SSSR count). The maximum absolute atomic E-state index is 11.5. The molecule has 0 unspecified atom stereocenters. The minimum atomic E-state index is -3.20. The fourth-order valence-electron chi connectivity index (χ4n) is 2.65. The molecule has 7 nitrogen and oxygen atoms in total. The Morgan fingerprint density at radius 2 is 2.09 bits per heavy atom. The Hall–Kier alpha value is -1.84. The van der Waals surface area contributed by atoms with Crippen LogP contribution in [0.5, 0.6) is 0 Å². The Labute approximate surface area is 136 Å². The van der Waals surface area contributed by atoms with Gasteiger partial charge in [-0.3, -0.25) is 0 Å². The number of aliphatic hydroxyl groups is 1. The van der Waals surface area contributed by atoms with E-state index in [-0.39, 0.29) is 16.7 Å². The fraction of sp³-hybridized carbons (Fsp3) is 0.286. The van der Waals surface area contributed by atoms with E-state index in [0.29, 0.717) is 5.89 Å². The standard InChI is InChI=1S/C14H13N3O4S2/c18-11-6-23(19,20)7-12(11)22-14-17-16-13(21-14)9-5-15-10-4-2-1-3-8(9)10/h1-5,11-12,15,18H,6-7H2/t11-,12+/m1/s1. The number of aromatic amines is 1. The number of benzene rings is 1. The quantitative estimate of drug-likeness (QED) is 0.735. The van der Waals surface area contributed by atoms with Gasteiger partial charge < -0.3 is 14.5 Å². The summed E-state index contributed by atoms with van der Waals surface area (Å²) in [5.41, 5.74) is 1.76. The van der Waals surface area contributed by atoms with E-state index in [2.05, 4.69) is 15.2 Å². The second kappa shape index (κ2) is 5.36. The van der Waals surface area contributed by atoms with Crippen LogP contribution >= 0.6 is 11.8 Å². The number of H-pyrrole nitrogens is 1. The molecular weight excluding hydrogens is 338 g/mol. The molecule has 3 heterocycles. The van der Waals surface area contributed by atoms with Crippen molar-refractivity contribution in [3.05, 3.63) is 30.5 Å². The van der Waals surface area contributed by atoms with E-state index in [4.69, 9.17) is 4.42 Å². The number of para-hydroxylation sites is 1. The number of hydrogen-bond acceptors (Lipinski definition) is 7. The van der Waals surface area contributed by atoms with Crippen molar-refractivity contribution in [3.8, 4) is 11.5 Å². The largest absolute Gasteiger partial charge is 0.411 e. The van der Waals surface area contributed by atoms with Gasteiger partial charge >= 0.3 is 0 Å². The highest BCUT2D eigenvalue weighted by atomic mass is 32.2. The average molecular weight is 351 g/mol. The zero-order valence-corrected chi connectivity index (χ0v) is 13.5. The van der Waals surface area contributed by atoms with Gasteiger partial charge in [0.1, 0.15) is 0 Å². The summed E-state index contributed by atoms with van der Waals surface area (Å²) in [4.78, 5) is 3.13. The second-order valence-corrected chi connectivity index (χ2v) is 8.77. The van der Waals surface area contributed by atoms with Crippen LogP contribution < -0.4 is 0 Å². The Morgan fingerprint density at radius 1 is 1.26 bits per heavy atom. The molecule has 2 N–H and O–H groups in total. The summed E-state index contributed by atoms with van der Waals surface area (Å²) in [5.74, 6) is 0.0675. The predicted molar refractivity (Wildman–Crippen MR) is 85.9 cm³/mol. The molecule has 2 aromatic heterocycles. The lowest BCUT2D eigenvalue weighted by Gasteiger charge is -2.07. The monoisotopic (exact) mass is 351 g/mol. The van der Waals surface area contributed by atoms with Crippen molar-refractivity contribution in [2.45, 2.75) is 16.6 Å². The molecule has 1 fully saturated rings. The summed E-state index contributed by atoms with van der Waals surface area (Å²) >= 11 is 1.11. The third-order valence-electron chi connectivity index (χ3n) is 3.75. The summed E-state index contributed by atoms with van der Waals surface area (Å²) in [6, 6.07) is 7.75. The number of nitrogens with one attached hydrogen (secondary N) is 1. The third kappa shape index (κ3) is 2.75. The summed E-state index contributed by atoms with van der Waals surface area (Å²) in [6.07, 6.45) is 0.884. The Kier molecular flexibility index (Phi) is 3.43. The lowest BCUT2D eigenvalue weighted by molar-refractivity contribution is 0.207. The minimum Gasteiger partial charge on any atom is -0.411 e. The van der Waals surface area contributed by atoms with E-state index in [0.717, 1.165) is 28.2 Å². The average Bonchev–Trinajstić information content (AvgIpc) is 3.17. The van der Waals surface area contributed by atoms with Gasteiger partial charge in [-0.25, -0.2) is 8.42 Å². The van der Waals surface area contributed by atoms with Gasteiger partial charge in [-0.2, -0.15) is 0 Å². The number of fused-ring (bicyclic) bond motifs is 1. The number of nitrogens with zero attached hydrogens (tertiary/aromatic N) is 2. The van der Waals surface area contributed by atoms with Crippen LogP contribution in [0.2, 0.25) is 0 Å². The lowest BCUT2D eigenvalue weighted by atomic mass is 10.2. The van der Waals surface area contributed by atoms with E-state index >= 15 is 0 Å². The first kappa shape index (κ1) is 14.7. The van der Waals surface area contributed by atoms with Crippen molar-refractivity contribution in [1.82, 2.24) is 15.2 Å². The van der Waals surface area contributed by atoms with Gasteiger partial charge in [0, 0.05) is 17.1 Å². The molecule has 1 saturated heterocycles. The highest BCUT2D eigenvalue weighted by Gasteiger charge is 2.38. The van der Waals surface area contributed by atoms with Crippen LogP contribution in [0, 0.1) is 0 Å². The molecule has 0 spiro atoms. The molecule has 9 heteroatoms. The molecule has 2 atom stereocenters. The van der Waals surface area contributed by atoms with Crippen LogP contribution in [-0.4, -0.2) is 51.6 Å². The number of thioether (sulfide) groups is 1. The maximum atomic E-state index is 11.5. The summed E-state index contributed by atoms with van der Waals surface area (Å²) in [5, 5.41) is 18.5. The molecular formula is C14H13N3O4S2. The third-order valence-corrected chi connectivity index (χ3v) is 6.83. The van der Waals surface area contributed by atoms with E-state index in [9.17, 15) is 13.5 Å². The van der Waals surface area contributed by atoms with Crippen LogP contribution in [0.4, 0.5) is 0 Å². The molecule has 3 aromatic rings. The lowest BCUT2D eigenvalue weighted by Crippen LogP contribution is -2.19. The highest BCUT2D eigenvalue weighted by molar-refractivity contribution is 8.01. The van der Waals surface area contributed by atoms with E-state index < -0.39 is 21.2 Å². The smallest absolute Gasteiger partial charge is 0.277 e. The van der Waals surface area contributed by atoms with Crippen LogP contribution in [0.1, 0.15) is 0 Å². The van der Waals surface area contributed by atoms with Gasteiger partial charge in [0.2, 0.25) is 0 Å². The Balaban J connectivity index is 1.60. The summed E-state index contributed by atoms with van der Waals surface area (Å²) in [7, 11) is -3.20. The fourth-order valence-corrected chi connectivity index (χ4v) is 6.01. The van der Waals surface area contributed by atoms with Crippen molar-refractivity contribution in [1.29, 1.82) is 0 Å². The molecule has 0 radical (unpaired) electrons. The Morgan fingerprint density at radius 3 is 2.87 bits per heavy atom. The zero-order chi connectivity index (χ0) is 16.0. The van der Waals surface area contributed by atoms with Gasteiger partial charge in [-0.05, 0) is 6.07 Å². The van der Waals surface area contributed by atoms with Gasteiger partial charge in [0.15, 0.2) is 9.84 Å². The maximum Gasteiger partial charge on any atom is 0.277 e. The topological polar surface area (TPSA) is 109 Å². The number of aliphatic hydroxyl groups excluding tert-OH is 1. The van der Waals surface area contributed by atoms with Crippen molar-refractivity contribution in [2.75, 3.05) is 11.5 Å². The summed E-state index contributed by atoms with van der Waals surface area (Å²) in [6.45, 7) is 0. The van der Waals surface area contributed by atoms with Gasteiger partial charge in [-0.1, -0.05) is 30.0 Å². The van der Waals surface area contributed by atoms with E-state index in [1.165, 1.54) is 0 Å². The Bertz CT molecular complexity index is 963. The first-order chi connectivity index (χ1) is 11.0. The van der Waals surface area contributed by atoms with Crippen LogP contribution in [0.3, 0.4) is 0 Å². The van der Waals surface area contributed by atoms with Crippen molar-refractivity contribution < 1.29 is 17.9 Å². The molecule has 23 heavy (non-hydrogen) atoms. The molecule has 1 aliphatic heterocycles. The molecule has 1 aliphatic rings. The highest BCUT2D eigenvalue weighted by Crippen LogP contribution is 2.33. The number of hydrogen-bond donors (Lipinski definition) is 2. The zero-order valence-electron chi connectivity index (χ0n) is 11.8. The second-order valence-electron chi connectivity index (χ2n) is 5.42. The van der Waals surface area contributed by atoms with Gasteiger partial charge in [0.25, 0.3) is 11.1 Å². The normalized spacial score (nSPS) is 23.5. The molecule has 0 aliphatic carbocycles. The van der Waals surface area contributed by atoms with Gasteiger partial charge in [-0.15, -0.1) is 10.2 Å². The van der Waals surface area contributed by atoms with Crippen LogP contribution in [0.15, 0.2) is 40.1 Å². The number of rotatable bonds is 3. The van der Waals surface area contributed by atoms with Crippen molar-refractivity contribution in [3.63, 3.8) is 0 Å². The SMILES string of the molecule is O=S1(=O)C[C@@H](O)[C@@H](Sc2nnc(-c3c[nH]c4ccccc34)o2)C1. The first-order valence-electron chi connectivity index (χ1n) is 6.97. The van der Waals surface area contributed by atoms with Crippen LogP contribution in [-0.2, 0) is 9.84 Å². The minimum absolute atomic E-state index is 0.0797. The van der Waals surface area contributed by atoms with E-state index in [1.54, 1.807) is 6.20 Å². The van der Waals surface area contributed by atoms with Crippen LogP contribution in [0.25, 0.3) is 22.4 Å². The molecule has 0 saturated carbocycles. The first-order valence-corrected chi connectivity index (χ1v) is 9.67. The van der Waals surface area contributed by atoms with Crippen molar-refractivity contribution >= 4 is 32.5 Å². The summed E-state index contributed by atoms with van der Waals surface area (Å²) < 4.78 is 28.7. The molecule has 0 bridgehead atoms. The number of aromatic nitrogens is 3. The van der Waals surface area contributed by atoms with Gasteiger partial charge in [0.05, 0.1) is 28.4 Å². The van der Waals surface area contributed by atoms with Crippen molar-refractivity contribution in [2.24, 2.45) is 0 Å². The van der Waals surface area contributed by atoms with E-state index in [1.807, 2.05) is 24.3 Å². The molecule has 120 valence electrons. The number of sulfone groups is 1. The molecule has 0 amide bonds.